The van der Waals surface area contributed by atoms with Crippen LogP contribution >= 0.6 is 11.6 Å². The molecule has 208 valence electrons. The smallest absolute Gasteiger partial charge is 0.422 e. The van der Waals surface area contributed by atoms with Crippen molar-refractivity contribution in [2.75, 3.05) is 7.11 Å². The second kappa shape index (κ2) is 10.8. The van der Waals surface area contributed by atoms with Gasteiger partial charge in [-0.2, -0.15) is 13.2 Å². The molecule has 0 aliphatic heterocycles. The third kappa shape index (κ3) is 6.54. The van der Waals surface area contributed by atoms with Gasteiger partial charge < -0.3 is 20.3 Å². The number of rotatable bonds is 10. The summed E-state index contributed by atoms with van der Waals surface area (Å²) < 4.78 is 54.5. The van der Waals surface area contributed by atoms with Gasteiger partial charge >= 0.3 is 6.18 Å². The Bertz CT molecular complexity index is 1370. The normalized spacial score (nSPS) is 15.5. The van der Waals surface area contributed by atoms with Crippen LogP contribution in [0.15, 0.2) is 54.6 Å². The van der Waals surface area contributed by atoms with Crippen LogP contribution in [-0.2, 0) is 11.1 Å². The molecule has 1 atom stereocenters. The van der Waals surface area contributed by atoms with Gasteiger partial charge in [-0.05, 0) is 81.1 Å². The summed E-state index contributed by atoms with van der Waals surface area (Å²) in [5, 5.41) is 11.5. The van der Waals surface area contributed by atoms with Gasteiger partial charge in [0.05, 0.1) is 24.6 Å². The molecule has 1 aromatic heterocycles. The number of aliphatic hydroxyl groups is 1. The molecular formula is C29H30ClF3N2O4. The first-order chi connectivity index (χ1) is 18.2. The van der Waals surface area contributed by atoms with E-state index in [4.69, 9.17) is 26.8 Å². The first-order valence-electron chi connectivity index (χ1n) is 12.5. The van der Waals surface area contributed by atoms with E-state index in [2.05, 4.69) is 4.98 Å². The van der Waals surface area contributed by atoms with Gasteiger partial charge in [0.15, 0.2) is 17.3 Å². The highest BCUT2D eigenvalue weighted by molar-refractivity contribution is 6.30. The number of carbonyl (C=O) groups is 1. The van der Waals surface area contributed by atoms with Crippen LogP contribution in [0.25, 0.3) is 11.3 Å². The average molecular weight is 563 g/mol. The summed E-state index contributed by atoms with van der Waals surface area (Å²) in [6, 6.07) is 13.6. The van der Waals surface area contributed by atoms with Gasteiger partial charge in [0, 0.05) is 28.1 Å². The molecule has 39 heavy (non-hydrogen) atoms. The molecule has 6 nitrogen and oxygen atoms in total. The van der Waals surface area contributed by atoms with Crippen molar-refractivity contribution in [3.63, 3.8) is 0 Å². The molecule has 0 bridgehead atoms. The maximum absolute atomic E-state index is 14.5. The summed E-state index contributed by atoms with van der Waals surface area (Å²) in [5.41, 5.74) is 2.20. The van der Waals surface area contributed by atoms with Crippen molar-refractivity contribution in [1.82, 2.24) is 4.98 Å². The lowest BCUT2D eigenvalue weighted by Gasteiger charge is -2.32. The standard InChI is InChI=1S/C29H30ClF3N2O4/c1-27(2,34)19-15-22(17-5-4-6-20(30)13-17)35-26(16-19)28(37,29(31,32)33)12-11-23(36)18-7-10-24(25(14-18)38-3)39-21-8-9-21/h4-7,10,13-16,21,37H,8-9,11-12,34H2,1-3H3. The highest BCUT2D eigenvalue weighted by Gasteiger charge is 2.56. The SMILES string of the molecule is COc1cc(C(=O)CCC(O)(c2cc(C(C)(C)N)cc(-c3cccc(Cl)c3)n2)C(F)(F)F)ccc1OC1CC1. The largest absolute Gasteiger partial charge is 0.493 e. The van der Waals surface area contributed by atoms with Crippen LogP contribution in [0.5, 0.6) is 11.5 Å². The van der Waals surface area contributed by atoms with Crippen LogP contribution in [0.4, 0.5) is 13.2 Å². The molecule has 1 aliphatic rings. The zero-order valence-corrected chi connectivity index (χ0v) is 22.6. The zero-order valence-electron chi connectivity index (χ0n) is 21.8. The van der Waals surface area contributed by atoms with E-state index in [1.807, 2.05) is 0 Å². The number of methoxy groups -OCH3 is 1. The number of aromatic nitrogens is 1. The number of nitrogens with zero attached hydrogens (tertiary/aromatic N) is 1. The summed E-state index contributed by atoms with van der Waals surface area (Å²) in [5.74, 6) is 0.172. The molecular weight excluding hydrogens is 533 g/mol. The fourth-order valence-corrected chi connectivity index (χ4v) is 4.26. The molecule has 0 spiro atoms. The third-order valence-corrected chi connectivity index (χ3v) is 6.84. The Morgan fingerprint density at radius 1 is 1.10 bits per heavy atom. The van der Waals surface area contributed by atoms with E-state index in [-0.39, 0.29) is 17.4 Å². The maximum atomic E-state index is 14.5. The molecule has 0 saturated heterocycles. The number of benzene rings is 2. The van der Waals surface area contributed by atoms with Gasteiger partial charge in [0.1, 0.15) is 0 Å². The number of hydrogen-bond donors (Lipinski definition) is 2. The third-order valence-electron chi connectivity index (χ3n) is 6.60. The Hall–Kier alpha value is -3.14. The molecule has 10 heteroatoms. The summed E-state index contributed by atoms with van der Waals surface area (Å²) >= 11 is 6.09. The van der Waals surface area contributed by atoms with Gasteiger partial charge in [-0.25, -0.2) is 4.98 Å². The second-order valence-electron chi connectivity index (χ2n) is 10.3. The monoisotopic (exact) mass is 562 g/mol. The molecule has 2 aromatic carbocycles. The van der Waals surface area contributed by atoms with Crippen molar-refractivity contribution in [2.45, 2.75) is 63.0 Å². The topological polar surface area (TPSA) is 94.7 Å². The van der Waals surface area contributed by atoms with Crippen molar-refractivity contribution in [2.24, 2.45) is 5.73 Å². The fraction of sp³-hybridized carbons (Fsp3) is 0.379. The molecule has 1 unspecified atom stereocenters. The number of carbonyl (C=O) groups excluding carboxylic acids is 1. The predicted octanol–water partition coefficient (Wildman–Crippen LogP) is 6.56. The number of alkyl halides is 3. The lowest BCUT2D eigenvalue weighted by molar-refractivity contribution is -0.270. The Labute approximate surface area is 229 Å². The fourth-order valence-electron chi connectivity index (χ4n) is 4.07. The highest BCUT2D eigenvalue weighted by atomic mass is 35.5. The number of Topliss-reactive ketones (excluding diaryl/α,β-unsaturated/α-hetero) is 1. The van der Waals surface area contributed by atoms with E-state index >= 15 is 0 Å². The van der Waals surface area contributed by atoms with Crippen LogP contribution in [0.1, 0.15) is 61.1 Å². The van der Waals surface area contributed by atoms with Crippen LogP contribution in [0.2, 0.25) is 5.02 Å². The summed E-state index contributed by atoms with van der Waals surface area (Å²) in [7, 11) is 1.42. The molecule has 0 radical (unpaired) electrons. The predicted molar refractivity (Wildman–Crippen MR) is 142 cm³/mol. The molecule has 1 saturated carbocycles. The van der Waals surface area contributed by atoms with Gasteiger partial charge in [-0.3, -0.25) is 4.79 Å². The maximum Gasteiger partial charge on any atom is 0.422 e. The molecule has 3 N–H and O–H groups in total. The van der Waals surface area contributed by atoms with Gasteiger partial charge in [0.2, 0.25) is 5.60 Å². The minimum absolute atomic E-state index is 0.0980. The van der Waals surface area contributed by atoms with E-state index in [0.29, 0.717) is 27.6 Å². The minimum Gasteiger partial charge on any atom is -0.493 e. The molecule has 4 rings (SSSR count). The van der Waals surface area contributed by atoms with Gasteiger partial charge in [-0.1, -0.05) is 23.7 Å². The Morgan fingerprint density at radius 2 is 1.82 bits per heavy atom. The Kier molecular flexibility index (Phi) is 7.98. The molecule has 0 amide bonds. The van der Waals surface area contributed by atoms with E-state index < -0.39 is 41.6 Å². The quantitative estimate of drug-likeness (QED) is 0.272. The van der Waals surface area contributed by atoms with Gasteiger partial charge in [0.25, 0.3) is 0 Å². The van der Waals surface area contributed by atoms with E-state index in [9.17, 15) is 23.1 Å². The zero-order chi connectivity index (χ0) is 28.6. The average Bonchev–Trinajstić information content (AvgIpc) is 3.70. The lowest BCUT2D eigenvalue weighted by atomic mass is 9.86. The number of hydrogen-bond acceptors (Lipinski definition) is 6. The van der Waals surface area contributed by atoms with Crippen molar-refractivity contribution < 1.29 is 32.5 Å². The van der Waals surface area contributed by atoms with Crippen molar-refractivity contribution in [3.8, 4) is 22.8 Å². The Morgan fingerprint density at radius 3 is 2.41 bits per heavy atom. The van der Waals surface area contributed by atoms with E-state index in [0.717, 1.165) is 18.9 Å². The second-order valence-corrected chi connectivity index (χ2v) is 10.8. The van der Waals surface area contributed by atoms with Crippen molar-refractivity contribution in [1.29, 1.82) is 0 Å². The lowest BCUT2D eigenvalue weighted by Crippen LogP contribution is -2.44. The van der Waals surface area contributed by atoms with Crippen LogP contribution in [-0.4, -0.2) is 35.3 Å². The van der Waals surface area contributed by atoms with Crippen LogP contribution in [0.3, 0.4) is 0 Å². The van der Waals surface area contributed by atoms with Crippen LogP contribution in [0, 0.1) is 0 Å². The number of ether oxygens (including phenoxy) is 2. The Balaban J connectivity index is 1.68. The van der Waals surface area contributed by atoms with Crippen molar-refractivity contribution >= 4 is 17.4 Å². The van der Waals surface area contributed by atoms with Crippen LogP contribution < -0.4 is 15.2 Å². The number of pyridine rings is 1. The molecule has 1 aliphatic carbocycles. The van der Waals surface area contributed by atoms with Crippen molar-refractivity contribution in [3.05, 3.63) is 76.4 Å². The summed E-state index contributed by atoms with van der Waals surface area (Å²) in [4.78, 5) is 17.2. The summed E-state index contributed by atoms with van der Waals surface area (Å²) in [6.45, 7) is 3.27. The van der Waals surface area contributed by atoms with E-state index in [1.165, 1.54) is 19.2 Å². The van der Waals surface area contributed by atoms with Gasteiger partial charge in [-0.15, -0.1) is 0 Å². The first-order valence-corrected chi connectivity index (χ1v) is 12.8. The molecule has 3 aromatic rings. The number of ketones is 1. The highest BCUT2D eigenvalue weighted by Crippen LogP contribution is 2.44. The molecule has 1 fully saturated rings. The van der Waals surface area contributed by atoms with E-state index in [1.54, 1.807) is 50.2 Å². The number of halogens is 4. The number of nitrogens with two attached hydrogens (primary N) is 1. The first kappa shape index (κ1) is 28.9. The minimum atomic E-state index is -5.14. The summed E-state index contributed by atoms with van der Waals surface area (Å²) in [6.07, 6.45) is -4.74. The molecule has 1 heterocycles.